The van der Waals surface area contributed by atoms with Crippen LogP contribution in [0, 0.1) is 13.8 Å². The molecular formula is C19H14ClN5S2. The molecule has 0 amide bonds. The van der Waals surface area contributed by atoms with Crippen LogP contribution in [0.4, 0.5) is 11.1 Å². The minimum Gasteiger partial charge on any atom is -0.299 e. The maximum Gasteiger partial charge on any atom is 0.250 e. The zero-order valence-electron chi connectivity index (χ0n) is 14.5. The predicted octanol–water partition coefficient (Wildman–Crippen LogP) is 6.08. The lowest BCUT2D eigenvalue weighted by molar-refractivity contribution is 0.987. The van der Waals surface area contributed by atoms with Gasteiger partial charge in [0.1, 0.15) is 0 Å². The molecule has 3 heterocycles. The van der Waals surface area contributed by atoms with Crippen molar-refractivity contribution in [2.75, 3.05) is 5.32 Å². The van der Waals surface area contributed by atoms with E-state index in [1.807, 2.05) is 22.7 Å². The third kappa shape index (κ3) is 2.97. The molecule has 27 heavy (non-hydrogen) atoms. The number of nitrogens with zero attached hydrogens (tertiary/aromatic N) is 4. The van der Waals surface area contributed by atoms with E-state index in [0.717, 1.165) is 31.6 Å². The Morgan fingerprint density at radius 3 is 2.81 bits per heavy atom. The van der Waals surface area contributed by atoms with Crippen LogP contribution in [0.2, 0.25) is 5.02 Å². The van der Waals surface area contributed by atoms with Crippen molar-refractivity contribution in [3.8, 4) is 11.3 Å². The van der Waals surface area contributed by atoms with Crippen molar-refractivity contribution in [1.82, 2.24) is 19.6 Å². The van der Waals surface area contributed by atoms with Crippen LogP contribution in [0.3, 0.4) is 0 Å². The van der Waals surface area contributed by atoms with Gasteiger partial charge in [-0.2, -0.15) is 4.98 Å². The van der Waals surface area contributed by atoms with Crippen molar-refractivity contribution >= 4 is 60.5 Å². The van der Waals surface area contributed by atoms with Gasteiger partial charge < -0.3 is 0 Å². The standard InChI is InChI=1S/C19H14ClN5S2/c1-10-3-5-13(11(2)7-10)15-9-26-19-23-17(24-25(15)19)22-18-21-14-6-4-12(20)8-16(14)27-18/h3-9H,1-2H3,(H,21,22,24). The maximum atomic E-state index is 6.06. The van der Waals surface area contributed by atoms with E-state index in [1.165, 1.54) is 22.5 Å². The quantitative estimate of drug-likeness (QED) is 0.390. The highest BCUT2D eigenvalue weighted by molar-refractivity contribution is 7.22. The summed E-state index contributed by atoms with van der Waals surface area (Å²) in [6.07, 6.45) is 0. The molecule has 5 rings (SSSR count). The molecule has 0 spiro atoms. The molecule has 0 saturated carbocycles. The lowest BCUT2D eigenvalue weighted by atomic mass is 10.0. The molecule has 0 aliphatic rings. The molecule has 0 radical (unpaired) electrons. The van der Waals surface area contributed by atoms with Gasteiger partial charge in [0.2, 0.25) is 10.9 Å². The Bertz CT molecular complexity index is 1300. The van der Waals surface area contributed by atoms with Crippen molar-refractivity contribution in [3.05, 3.63) is 57.9 Å². The highest BCUT2D eigenvalue weighted by atomic mass is 35.5. The Hall–Kier alpha value is -2.48. The molecule has 0 atom stereocenters. The average molecular weight is 412 g/mol. The van der Waals surface area contributed by atoms with E-state index < -0.39 is 0 Å². The number of benzene rings is 2. The second kappa shape index (κ2) is 6.30. The lowest BCUT2D eigenvalue weighted by Crippen LogP contribution is -1.94. The lowest BCUT2D eigenvalue weighted by Gasteiger charge is -2.05. The van der Waals surface area contributed by atoms with E-state index in [9.17, 15) is 0 Å². The second-order valence-corrected chi connectivity index (χ2v) is 8.63. The van der Waals surface area contributed by atoms with E-state index in [0.29, 0.717) is 11.0 Å². The molecule has 1 N–H and O–H groups in total. The summed E-state index contributed by atoms with van der Waals surface area (Å²) in [7, 11) is 0. The van der Waals surface area contributed by atoms with Gasteiger partial charge in [-0.1, -0.05) is 46.7 Å². The number of fused-ring (bicyclic) bond motifs is 2. The van der Waals surface area contributed by atoms with Crippen LogP contribution < -0.4 is 5.32 Å². The first-order valence-corrected chi connectivity index (χ1v) is 10.4. The van der Waals surface area contributed by atoms with E-state index in [1.54, 1.807) is 11.3 Å². The summed E-state index contributed by atoms with van der Waals surface area (Å²) in [6, 6.07) is 12.1. The van der Waals surface area contributed by atoms with Gasteiger partial charge in [-0.05, 0) is 37.6 Å². The first-order valence-electron chi connectivity index (χ1n) is 8.32. The molecule has 8 heteroatoms. The topological polar surface area (TPSA) is 55.1 Å². The second-order valence-electron chi connectivity index (χ2n) is 6.33. The summed E-state index contributed by atoms with van der Waals surface area (Å²) in [6.45, 7) is 4.22. The van der Waals surface area contributed by atoms with Crippen LogP contribution in [-0.2, 0) is 0 Å². The monoisotopic (exact) mass is 411 g/mol. The molecule has 3 aromatic heterocycles. The summed E-state index contributed by atoms with van der Waals surface area (Å²) >= 11 is 9.16. The fourth-order valence-corrected chi connectivity index (χ4v) is 5.03. The van der Waals surface area contributed by atoms with Crippen LogP contribution in [0.25, 0.3) is 26.4 Å². The van der Waals surface area contributed by atoms with Crippen molar-refractivity contribution in [1.29, 1.82) is 0 Å². The van der Waals surface area contributed by atoms with Crippen molar-refractivity contribution in [2.24, 2.45) is 0 Å². The predicted molar refractivity (Wildman–Crippen MR) is 114 cm³/mol. The summed E-state index contributed by atoms with van der Waals surface area (Å²) in [5.41, 5.74) is 5.59. The van der Waals surface area contributed by atoms with Crippen molar-refractivity contribution in [2.45, 2.75) is 13.8 Å². The first-order chi connectivity index (χ1) is 13.1. The maximum absolute atomic E-state index is 6.06. The first kappa shape index (κ1) is 16.7. The number of nitrogens with one attached hydrogen (secondary N) is 1. The Morgan fingerprint density at radius 1 is 1.07 bits per heavy atom. The summed E-state index contributed by atoms with van der Waals surface area (Å²) < 4.78 is 2.91. The van der Waals surface area contributed by atoms with E-state index in [4.69, 9.17) is 11.6 Å². The number of hydrogen-bond donors (Lipinski definition) is 1. The number of anilines is 2. The van der Waals surface area contributed by atoms with Crippen molar-refractivity contribution < 1.29 is 0 Å². The fourth-order valence-electron chi connectivity index (χ4n) is 3.07. The van der Waals surface area contributed by atoms with Gasteiger partial charge in [0.15, 0.2) is 5.13 Å². The summed E-state index contributed by atoms with van der Waals surface area (Å²) in [4.78, 5) is 10.0. The van der Waals surface area contributed by atoms with Gasteiger partial charge in [0.25, 0.3) is 0 Å². The van der Waals surface area contributed by atoms with Gasteiger partial charge >= 0.3 is 0 Å². The van der Waals surface area contributed by atoms with Crippen LogP contribution in [-0.4, -0.2) is 19.6 Å². The van der Waals surface area contributed by atoms with Crippen LogP contribution in [0.5, 0.6) is 0 Å². The molecule has 0 unspecified atom stereocenters. The van der Waals surface area contributed by atoms with Crippen LogP contribution in [0.15, 0.2) is 41.8 Å². The third-order valence-corrected chi connectivity index (χ3v) is 6.29. The molecule has 0 aliphatic heterocycles. The normalized spacial score (nSPS) is 11.5. The Labute approximate surface area is 168 Å². The number of aryl methyl sites for hydroxylation is 2. The van der Waals surface area contributed by atoms with Crippen LogP contribution >= 0.6 is 34.3 Å². The third-order valence-electron chi connectivity index (χ3n) is 4.31. The zero-order valence-corrected chi connectivity index (χ0v) is 16.9. The van der Waals surface area contributed by atoms with Gasteiger partial charge in [0.05, 0.1) is 15.9 Å². The molecule has 134 valence electrons. The number of halogens is 1. The largest absolute Gasteiger partial charge is 0.299 e. The molecule has 0 saturated heterocycles. The number of rotatable bonds is 3. The number of aromatic nitrogens is 4. The van der Waals surface area contributed by atoms with Gasteiger partial charge in [-0.25, -0.2) is 9.50 Å². The number of hydrogen-bond acceptors (Lipinski definition) is 6. The molecular weight excluding hydrogens is 398 g/mol. The van der Waals surface area contributed by atoms with Crippen molar-refractivity contribution in [3.63, 3.8) is 0 Å². The summed E-state index contributed by atoms with van der Waals surface area (Å²) in [5.74, 6) is 0.540. The molecule has 5 aromatic rings. The average Bonchev–Trinajstić information content (AvgIpc) is 3.29. The molecule has 0 aliphatic carbocycles. The summed E-state index contributed by atoms with van der Waals surface area (Å²) in [5, 5.41) is 11.4. The minimum absolute atomic E-state index is 0.540. The highest BCUT2D eigenvalue weighted by Gasteiger charge is 2.14. The smallest absolute Gasteiger partial charge is 0.250 e. The van der Waals surface area contributed by atoms with E-state index in [-0.39, 0.29) is 0 Å². The SMILES string of the molecule is Cc1ccc(-c2csc3nc(Nc4nc5ccc(Cl)cc5s4)nn23)c(C)c1. The Balaban J connectivity index is 1.52. The Morgan fingerprint density at radius 2 is 1.96 bits per heavy atom. The van der Waals surface area contributed by atoms with E-state index >= 15 is 0 Å². The minimum atomic E-state index is 0.540. The Kier molecular flexibility index (Phi) is 3.89. The molecule has 5 nitrogen and oxygen atoms in total. The van der Waals surface area contributed by atoms with Gasteiger partial charge in [0, 0.05) is 16.0 Å². The number of thiazole rings is 2. The highest BCUT2D eigenvalue weighted by Crippen LogP contribution is 2.32. The van der Waals surface area contributed by atoms with Gasteiger partial charge in [-0.3, -0.25) is 5.32 Å². The van der Waals surface area contributed by atoms with Crippen LogP contribution in [0.1, 0.15) is 11.1 Å². The van der Waals surface area contributed by atoms with Gasteiger partial charge in [-0.15, -0.1) is 16.4 Å². The fraction of sp³-hybridized carbons (Fsp3) is 0.105. The van der Waals surface area contributed by atoms with E-state index in [2.05, 4.69) is 57.8 Å². The zero-order chi connectivity index (χ0) is 18.5. The molecule has 0 fully saturated rings. The molecule has 2 aromatic carbocycles. The molecule has 0 bridgehead atoms.